The number of hydrogen-bond donors (Lipinski definition) is 0. The molecule has 0 radical (unpaired) electrons. The van der Waals surface area contributed by atoms with Crippen molar-refractivity contribution in [2.75, 3.05) is 13.2 Å². The fourth-order valence-corrected chi connectivity index (χ4v) is 2.81. The molecule has 0 N–H and O–H groups in total. The molecule has 0 aliphatic carbocycles. The molecule has 1 aliphatic heterocycles. The van der Waals surface area contributed by atoms with E-state index in [1.807, 2.05) is 41.4 Å². The first-order chi connectivity index (χ1) is 10.7. The zero-order valence-corrected chi connectivity index (χ0v) is 12.8. The Kier molecular flexibility index (Phi) is 4.42. The lowest BCUT2D eigenvalue weighted by Gasteiger charge is -2.33. The van der Waals surface area contributed by atoms with Crippen molar-refractivity contribution in [3.05, 3.63) is 42.7 Å². The number of aromatic nitrogens is 2. The lowest BCUT2D eigenvalue weighted by atomic mass is 10.0. The van der Waals surface area contributed by atoms with Crippen LogP contribution in [0.4, 0.5) is 0 Å². The van der Waals surface area contributed by atoms with Gasteiger partial charge in [0.1, 0.15) is 5.75 Å². The molecule has 5 heteroatoms. The molecule has 1 saturated heterocycles. The van der Waals surface area contributed by atoms with Gasteiger partial charge in [0.25, 0.3) is 5.91 Å². The molecule has 5 nitrogen and oxygen atoms in total. The maximum Gasteiger partial charge on any atom is 0.260 e. The maximum absolute atomic E-state index is 12.2. The van der Waals surface area contributed by atoms with E-state index < -0.39 is 0 Å². The van der Waals surface area contributed by atoms with E-state index in [-0.39, 0.29) is 12.5 Å². The summed E-state index contributed by atoms with van der Waals surface area (Å²) in [6, 6.07) is 9.79. The second-order valence-electron chi connectivity index (χ2n) is 5.67. The van der Waals surface area contributed by atoms with Crippen LogP contribution in [0.1, 0.15) is 26.2 Å². The van der Waals surface area contributed by atoms with E-state index >= 15 is 0 Å². The molecule has 0 spiro atoms. The Morgan fingerprint density at radius 1 is 1.32 bits per heavy atom. The van der Waals surface area contributed by atoms with Gasteiger partial charge in [0.05, 0.1) is 5.69 Å². The first kappa shape index (κ1) is 14.6. The van der Waals surface area contributed by atoms with Gasteiger partial charge in [-0.15, -0.1) is 0 Å². The second-order valence-corrected chi connectivity index (χ2v) is 5.67. The summed E-state index contributed by atoms with van der Waals surface area (Å²) < 4.78 is 7.40. The molecule has 22 heavy (non-hydrogen) atoms. The third-order valence-corrected chi connectivity index (χ3v) is 4.09. The normalized spacial score (nSPS) is 18.2. The minimum Gasteiger partial charge on any atom is -0.484 e. The topological polar surface area (TPSA) is 47.4 Å². The molecule has 0 bridgehead atoms. The fourth-order valence-electron chi connectivity index (χ4n) is 2.81. The molecule has 1 aliphatic rings. The number of carbonyl (C=O) groups is 1. The lowest BCUT2D eigenvalue weighted by molar-refractivity contribution is -0.136. The van der Waals surface area contributed by atoms with Crippen molar-refractivity contribution in [3.63, 3.8) is 0 Å². The van der Waals surface area contributed by atoms with Crippen molar-refractivity contribution in [2.24, 2.45) is 0 Å². The molecular formula is C17H21N3O2. The Balaban J connectivity index is 1.56. The second kappa shape index (κ2) is 6.64. The summed E-state index contributed by atoms with van der Waals surface area (Å²) in [7, 11) is 0. The Labute approximate surface area is 130 Å². The number of likely N-dealkylation sites (tertiary alicyclic amines) is 1. The standard InChI is InChI=1S/C17H21N3O2/c1-14-5-2-3-11-19(14)17(21)13-22-16-8-6-15(7-9-16)20-12-4-10-18-20/h4,6-10,12,14H,2-3,5,11,13H2,1H3. The smallest absolute Gasteiger partial charge is 0.260 e. The van der Waals surface area contributed by atoms with E-state index in [1.54, 1.807) is 10.9 Å². The first-order valence-electron chi connectivity index (χ1n) is 7.76. The van der Waals surface area contributed by atoms with Crippen LogP contribution in [0.15, 0.2) is 42.7 Å². The highest BCUT2D eigenvalue weighted by Gasteiger charge is 2.23. The van der Waals surface area contributed by atoms with Crippen molar-refractivity contribution in [1.82, 2.24) is 14.7 Å². The molecule has 2 heterocycles. The van der Waals surface area contributed by atoms with Gasteiger partial charge >= 0.3 is 0 Å². The highest BCUT2D eigenvalue weighted by Crippen LogP contribution is 2.18. The molecule has 1 atom stereocenters. The fraction of sp³-hybridized carbons (Fsp3) is 0.412. The zero-order valence-electron chi connectivity index (χ0n) is 12.8. The Morgan fingerprint density at radius 3 is 2.82 bits per heavy atom. The van der Waals surface area contributed by atoms with Gasteiger partial charge in [0.2, 0.25) is 0 Å². The third kappa shape index (κ3) is 3.30. The van der Waals surface area contributed by atoms with Crippen molar-refractivity contribution in [1.29, 1.82) is 0 Å². The van der Waals surface area contributed by atoms with E-state index in [0.29, 0.717) is 11.8 Å². The SMILES string of the molecule is CC1CCCCN1C(=O)COc1ccc(-n2cccn2)cc1. The molecule has 0 saturated carbocycles. The molecule has 3 rings (SSSR count). The quantitative estimate of drug-likeness (QED) is 0.872. The van der Waals surface area contributed by atoms with Crippen LogP contribution >= 0.6 is 0 Å². The summed E-state index contributed by atoms with van der Waals surface area (Å²) in [4.78, 5) is 14.2. The summed E-state index contributed by atoms with van der Waals surface area (Å²) in [5.41, 5.74) is 0.966. The van der Waals surface area contributed by atoms with Crippen LogP contribution < -0.4 is 4.74 Å². The van der Waals surface area contributed by atoms with Crippen molar-refractivity contribution in [2.45, 2.75) is 32.2 Å². The van der Waals surface area contributed by atoms with Gasteiger partial charge in [-0.3, -0.25) is 4.79 Å². The van der Waals surface area contributed by atoms with Gasteiger partial charge in [-0.1, -0.05) is 0 Å². The number of benzene rings is 1. The molecule has 1 aromatic heterocycles. The molecule has 116 valence electrons. The Bertz CT molecular complexity index is 607. The monoisotopic (exact) mass is 299 g/mol. The molecule has 2 aromatic rings. The van der Waals surface area contributed by atoms with E-state index in [2.05, 4.69) is 12.0 Å². The van der Waals surface area contributed by atoms with Crippen LogP contribution in [0, 0.1) is 0 Å². The van der Waals surface area contributed by atoms with Crippen LogP contribution in [0.25, 0.3) is 5.69 Å². The van der Waals surface area contributed by atoms with Crippen molar-refractivity contribution in [3.8, 4) is 11.4 Å². The molecular weight excluding hydrogens is 278 g/mol. The predicted molar refractivity (Wildman–Crippen MR) is 84.1 cm³/mol. The lowest BCUT2D eigenvalue weighted by Crippen LogP contribution is -2.44. The Morgan fingerprint density at radius 2 is 2.14 bits per heavy atom. The van der Waals surface area contributed by atoms with Crippen LogP contribution in [0.2, 0.25) is 0 Å². The third-order valence-electron chi connectivity index (χ3n) is 4.09. The van der Waals surface area contributed by atoms with E-state index in [9.17, 15) is 4.79 Å². The summed E-state index contributed by atoms with van der Waals surface area (Å²) in [6.07, 6.45) is 7.01. The Hall–Kier alpha value is -2.30. The molecule has 1 aromatic carbocycles. The number of carbonyl (C=O) groups excluding carboxylic acids is 1. The van der Waals surface area contributed by atoms with Crippen LogP contribution in [0.5, 0.6) is 5.75 Å². The molecule has 1 unspecified atom stereocenters. The van der Waals surface area contributed by atoms with Crippen molar-refractivity contribution >= 4 is 5.91 Å². The minimum absolute atomic E-state index is 0.0725. The number of amides is 1. The van der Waals surface area contributed by atoms with Gasteiger partial charge in [0, 0.05) is 25.0 Å². The van der Waals surface area contributed by atoms with Crippen LogP contribution in [0.3, 0.4) is 0 Å². The maximum atomic E-state index is 12.2. The number of hydrogen-bond acceptors (Lipinski definition) is 3. The number of rotatable bonds is 4. The summed E-state index contributed by atoms with van der Waals surface area (Å²) in [5, 5.41) is 4.17. The van der Waals surface area contributed by atoms with Gasteiger partial charge in [0.15, 0.2) is 6.61 Å². The molecule has 1 fully saturated rings. The highest BCUT2D eigenvalue weighted by atomic mass is 16.5. The largest absolute Gasteiger partial charge is 0.484 e. The summed E-state index contributed by atoms with van der Waals surface area (Å²) in [5.74, 6) is 0.775. The van der Waals surface area contributed by atoms with Crippen LogP contribution in [-0.2, 0) is 4.79 Å². The van der Waals surface area contributed by atoms with E-state index in [0.717, 1.165) is 25.1 Å². The number of ether oxygens (including phenoxy) is 1. The highest BCUT2D eigenvalue weighted by molar-refractivity contribution is 5.78. The first-order valence-corrected chi connectivity index (χ1v) is 7.76. The molecule has 1 amide bonds. The van der Waals surface area contributed by atoms with E-state index in [1.165, 1.54) is 6.42 Å². The number of nitrogens with zero attached hydrogens (tertiary/aromatic N) is 3. The van der Waals surface area contributed by atoms with E-state index in [4.69, 9.17) is 4.74 Å². The van der Waals surface area contributed by atoms with Gasteiger partial charge in [-0.2, -0.15) is 5.10 Å². The average Bonchev–Trinajstić information content (AvgIpc) is 3.08. The minimum atomic E-state index is 0.0725. The van der Waals surface area contributed by atoms with Gasteiger partial charge in [-0.25, -0.2) is 4.68 Å². The van der Waals surface area contributed by atoms with Crippen molar-refractivity contribution < 1.29 is 9.53 Å². The van der Waals surface area contributed by atoms with Gasteiger partial charge < -0.3 is 9.64 Å². The number of piperidine rings is 1. The predicted octanol–water partition coefficient (Wildman–Crippen LogP) is 2.65. The summed E-state index contributed by atoms with van der Waals surface area (Å²) >= 11 is 0. The average molecular weight is 299 g/mol. The van der Waals surface area contributed by atoms with Gasteiger partial charge in [-0.05, 0) is 56.5 Å². The van der Waals surface area contributed by atoms with Crippen LogP contribution in [-0.4, -0.2) is 39.8 Å². The zero-order chi connectivity index (χ0) is 15.4. The summed E-state index contributed by atoms with van der Waals surface area (Å²) in [6.45, 7) is 3.06.